The van der Waals surface area contributed by atoms with Gasteiger partial charge >= 0.3 is 5.97 Å². The summed E-state index contributed by atoms with van der Waals surface area (Å²) in [5, 5.41) is 8.59. The van der Waals surface area contributed by atoms with Crippen LogP contribution in [-0.2, 0) is 4.79 Å². The van der Waals surface area contributed by atoms with Gasteiger partial charge in [0.15, 0.2) is 0 Å². The third kappa shape index (κ3) is 4.52. The number of hydrogen-bond acceptors (Lipinski definition) is 2. The highest BCUT2D eigenvalue weighted by molar-refractivity contribution is 5.66. The van der Waals surface area contributed by atoms with Crippen molar-refractivity contribution >= 4 is 5.97 Å². The molecule has 94 valence electrons. The molecule has 0 aliphatic heterocycles. The molecule has 0 unspecified atom stereocenters. The summed E-state index contributed by atoms with van der Waals surface area (Å²) in [6.45, 7) is 5.56. The fraction of sp³-hybridized carbons (Fsp3) is 0.923. The van der Waals surface area contributed by atoms with Crippen LogP contribution in [-0.4, -0.2) is 34.6 Å². The zero-order valence-corrected chi connectivity index (χ0v) is 10.6. The molecule has 1 saturated carbocycles. The third-order valence-electron chi connectivity index (χ3n) is 3.51. The lowest BCUT2D eigenvalue weighted by Gasteiger charge is -2.32. The quantitative estimate of drug-likeness (QED) is 0.680. The fourth-order valence-electron chi connectivity index (χ4n) is 2.67. The van der Waals surface area contributed by atoms with Gasteiger partial charge in [-0.25, -0.2) is 0 Å². The largest absolute Gasteiger partial charge is 0.481 e. The Balaban J connectivity index is 2.25. The molecular formula is C13H25NO2. The van der Waals surface area contributed by atoms with Crippen molar-refractivity contribution in [3.05, 3.63) is 0 Å². The van der Waals surface area contributed by atoms with E-state index in [1.165, 1.54) is 25.7 Å². The van der Waals surface area contributed by atoms with Gasteiger partial charge in [0.2, 0.25) is 0 Å². The number of unbranched alkanes of at least 4 members (excludes halogenated alkanes) is 1. The van der Waals surface area contributed by atoms with Gasteiger partial charge < -0.3 is 5.11 Å². The molecule has 3 nitrogen and oxygen atoms in total. The SMILES string of the molecule is CC(C)N(CCCCC(=O)O)C1CCCC1. The second-order valence-corrected chi connectivity index (χ2v) is 5.12. The number of carboxylic acid groups (broad SMARTS) is 1. The number of nitrogens with zero attached hydrogens (tertiary/aromatic N) is 1. The van der Waals surface area contributed by atoms with Gasteiger partial charge in [-0.3, -0.25) is 9.69 Å². The predicted molar refractivity (Wildman–Crippen MR) is 65.6 cm³/mol. The first-order chi connectivity index (χ1) is 7.61. The molecule has 0 saturated heterocycles. The molecule has 1 aliphatic rings. The molecule has 0 atom stereocenters. The van der Waals surface area contributed by atoms with Crippen LogP contribution < -0.4 is 0 Å². The average molecular weight is 227 g/mol. The zero-order valence-electron chi connectivity index (χ0n) is 10.6. The highest BCUT2D eigenvalue weighted by Gasteiger charge is 2.23. The molecule has 3 heteroatoms. The van der Waals surface area contributed by atoms with E-state index in [2.05, 4.69) is 18.7 Å². The molecule has 0 heterocycles. The van der Waals surface area contributed by atoms with Crippen LogP contribution in [0.15, 0.2) is 0 Å². The number of carbonyl (C=O) groups is 1. The topological polar surface area (TPSA) is 40.5 Å². The Kier molecular flexibility index (Phi) is 5.81. The number of rotatable bonds is 7. The molecule has 0 spiro atoms. The maximum Gasteiger partial charge on any atom is 0.303 e. The highest BCUT2D eigenvalue weighted by atomic mass is 16.4. The Morgan fingerprint density at radius 1 is 1.31 bits per heavy atom. The van der Waals surface area contributed by atoms with Gasteiger partial charge in [-0.15, -0.1) is 0 Å². The molecule has 16 heavy (non-hydrogen) atoms. The second kappa shape index (κ2) is 6.89. The summed E-state index contributed by atoms with van der Waals surface area (Å²) in [5.74, 6) is -0.669. The standard InChI is InChI=1S/C13H25NO2/c1-11(2)14(12-7-3-4-8-12)10-6-5-9-13(15)16/h11-12H,3-10H2,1-2H3,(H,15,16). The molecule has 0 bridgehead atoms. The Labute approximate surface area is 98.8 Å². The van der Waals surface area contributed by atoms with Crippen molar-refractivity contribution in [3.63, 3.8) is 0 Å². The van der Waals surface area contributed by atoms with E-state index < -0.39 is 5.97 Å². The number of carboxylic acids is 1. The maximum absolute atomic E-state index is 10.4. The van der Waals surface area contributed by atoms with Gasteiger partial charge in [0, 0.05) is 18.5 Å². The minimum absolute atomic E-state index is 0.316. The molecule has 1 rings (SSSR count). The molecule has 0 radical (unpaired) electrons. The highest BCUT2D eigenvalue weighted by Crippen LogP contribution is 2.25. The Morgan fingerprint density at radius 3 is 2.44 bits per heavy atom. The van der Waals surface area contributed by atoms with Crippen molar-refractivity contribution in [3.8, 4) is 0 Å². The molecule has 0 aromatic rings. The van der Waals surface area contributed by atoms with Crippen molar-refractivity contribution in [1.82, 2.24) is 4.90 Å². The van der Waals surface area contributed by atoms with Crippen molar-refractivity contribution < 1.29 is 9.90 Å². The monoisotopic (exact) mass is 227 g/mol. The first-order valence-electron chi connectivity index (χ1n) is 6.59. The van der Waals surface area contributed by atoms with Crippen LogP contribution in [0.2, 0.25) is 0 Å². The summed E-state index contributed by atoms with van der Waals surface area (Å²) in [4.78, 5) is 13.0. The van der Waals surface area contributed by atoms with E-state index in [4.69, 9.17) is 5.11 Å². The third-order valence-corrected chi connectivity index (χ3v) is 3.51. The van der Waals surface area contributed by atoms with Crippen LogP contribution in [0, 0.1) is 0 Å². The predicted octanol–water partition coefficient (Wildman–Crippen LogP) is 2.89. The van der Waals surface area contributed by atoms with E-state index in [1.807, 2.05) is 0 Å². The van der Waals surface area contributed by atoms with E-state index in [0.29, 0.717) is 12.5 Å². The molecule has 1 N–H and O–H groups in total. The Morgan fingerprint density at radius 2 is 1.94 bits per heavy atom. The Bertz CT molecular complexity index is 210. The molecular weight excluding hydrogens is 202 g/mol. The van der Waals surface area contributed by atoms with E-state index in [-0.39, 0.29) is 0 Å². The van der Waals surface area contributed by atoms with E-state index in [0.717, 1.165) is 25.4 Å². The summed E-state index contributed by atoms with van der Waals surface area (Å²) >= 11 is 0. The van der Waals surface area contributed by atoms with Crippen molar-refractivity contribution in [2.45, 2.75) is 70.9 Å². The molecule has 1 aliphatic carbocycles. The van der Waals surface area contributed by atoms with E-state index in [9.17, 15) is 4.79 Å². The lowest BCUT2D eigenvalue weighted by Crippen LogP contribution is -2.39. The van der Waals surface area contributed by atoms with Crippen LogP contribution in [0.4, 0.5) is 0 Å². The second-order valence-electron chi connectivity index (χ2n) is 5.12. The van der Waals surface area contributed by atoms with Gasteiger partial charge in [-0.2, -0.15) is 0 Å². The minimum atomic E-state index is -0.669. The summed E-state index contributed by atoms with van der Waals surface area (Å²) in [6, 6.07) is 1.35. The molecule has 0 aromatic carbocycles. The summed E-state index contributed by atoms with van der Waals surface area (Å²) < 4.78 is 0. The van der Waals surface area contributed by atoms with Crippen LogP contribution >= 0.6 is 0 Å². The van der Waals surface area contributed by atoms with Crippen molar-refractivity contribution in [1.29, 1.82) is 0 Å². The fourth-order valence-corrected chi connectivity index (χ4v) is 2.67. The normalized spacial score (nSPS) is 17.5. The first kappa shape index (κ1) is 13.5. The maximum atomic E-state index is 10.4. The van der Waals surface area contributed by atoms with Crippen LogP contribution in [0.1, 0.15) is 58.8 Å². The number of aliphatic carboxylic acids is 1. The van der Waals surface area contributed by atoms with E-state index in [1.54, 1.807) is 0 Å². The van der Waals surface area contributed by atoms with Crippen LogP contribution in [0.25, 0.3) is 0 Å². The van der Waals surface area contributed by atoms with Gasteiger partial charge in [0.25, 0.3) is 0 Å². The summed E-state index contributed by atoms with van der Waals surface area (Å²) in [7, 11) is 0. The van der Waals surface area contributed by atoms with Crippen molar-refractivity contribution in [2.24, 2.45) is 0 Å². The van der Waals surface area contributed by atoms with Gasteiger partial charge in [-0.1, -0.05) is 12.8 Å². The molecule has 0 amide bonds. The van der Waals surface area contributed by atoms with Gasteiger partial charge in [0.05, 0.1) is 0 Å². The van der Waals surface area contributed by atoms with Crippen LogP contribution in [0.3, 0.4) is 0 Å². The smallest absolute Gasteiger partial charge is 0.303 e. The van der Waals surface area contributed by atoms with E-state index >= 15 is 0 Å². The van der Waals surface area contributed by atoms with Crippen LogP contribution in [0.5, 0.6) is 0 Å². The lowest BCUT2D eigenvalue weighted by atomic mass is 10.1. The van der Waals surface area contributed by atoms with Gasteiger partial charge in [0.1, 0.15) is 0 Å². The van der Waals surface area contributed by atoms with Gasteiger partial charge in [-0.05, 0) is 46.1 Å². The molecule has 0 aromatic heterocycles. The average Bonchev–Trinajstić information content (AvgIpc) is 2.69. The lowest BCUT2D eigenvalue weighted by molar-refractivity contribution is -0.137. The molecule has 1 fully saturated rings. The first-order valence-corrected chi connectivity index (χ1v) is 6.59. The van der Waals surface area contributed by atoms with Crippen molar-refractivity contribution in [2.75, 3.05) is 6.54 Å². The zero-order chi connectivity index (χ0) is 12.0. The Hall–Kier alpha value is -0.570. The summed E-state index contributed by atoms with van der Waals surface area (Å²) in [6.07, 6.45) is 7.53. The summed E-state index contributed by atoms with van der Waals surface area (Å²) in [5.41, 5.74) is 0. The minimum Gasteiger partial charge on any atom is -0.481 e. The number of hydrogen-bond donors (Lipinski definition) is 1.